The average Bonchev–Trinajstić information content (AvgIpc) is 2.76. The van der Waals surface area contributed by atoms with Gasteiger partial charge in [-0.15, -0.1) is 0 Å². The first-order chi connectivity index (χ1) is 8.12. The van der Waals surface area contributed by atoms with Gasteiger partial charge in [-0.3, -0.25) is 4.79 Å². The number of ether oxygens (including phenoxy) is 1. The molecule has 1 atom stereocenters. The third kappa shape index (κ3) is 2.58. The molecule has 1 aromatic rings. The smallest absolute Gasteiger partial charge is 0.252 e. The van der Waals surface area contributed by atoms with Crippen molar-refractivity contribution in [3.8, 4) is 5.75 Å². The summed E-state index contributed by atoms with van der Waals surface area (Å²) in [4.78, 5) is 11.9. The van der Waals surface area contributed by atoms with E-state index in [1.54, 1.807) is 25.1 Å². The minimum Gasteiger partial charge on any atom is -0.508 e. The van der Waals surface area contributed by atoms with Crippen molar-refractivity contribution in [2.45, 2.75) is 31.9 Å². The quantitative estimate of drug-likeness (QED) is 0.836. The lowest BCUT2D eigenvalue weighted by Crippen LogP contribution is -2.43. The van der Waals surface area contributed by atoms with Crippen LogP contribution in [0.4, 0.5) is 0 Å². The molecule has 92 valence electrons. The minimum absolute atomic E-state index is 0.113. The van der Waals surface area contributed by atoms with Gasteiger partial charge in [0, 0.05) is 18.7 Å². The molecule has 1 unspecified atom stereocenters. The van der Waals surface area contributed by atoms with E-state index in [0.29, 0.717) is 18.7 Å². The van der Waals surface area contributed by atoms with Crippen molar-refractivity contribution in [1.82, 2.24) is 5.32 Å². The predicted molar refractivity (Wildman–Crippen MR) is 63.5 cm³/mol. The number of hydrogen-bond donors (Lipinski definition) is 2. The van der Waals surface area contributed by atoms with Gasteiger partial charge >= 0.3 is 0 Å². The van der Waals surface area contributed by atoms with Crippen LogP contribution in [0.5, 0.6) is 5.75 Å². The zero-order chi connectivity index (χ0) is 12.3. The van der Waals surface area contributed by atoms with E-state index >= 15 is 0 Å². The topological polar surface area (TPSA) is 58.6 Å². The van der Waals surface area contributed by atoms with Gasteiger partial charge in [0.15, 0.2) is 0 Å². The van der Waals surface area contributed by atoms with Crippen LogP contribution in [-0.2, 0) is 16.1 Å². The zero-order valence-corrected chi connectivity index (χ0v) is 9.90. The molecule has 1 heterocycles. The first-order valence-electron chi connectivity index (χ1n) is 5.81. The summed E-state index contributed by atoms with van der Waals surface area (Å²) < 4.78 is 5.45. The molecule has 0 radical (unpaired) electrons. The van der Waals surface area contributed by atoms with Crippen LogP contribution >= 0.6 is 0 Å². The monoisotopic (exact) mass is 235 g/mol. The number of phenols is 1. The molecule has 0 saturated carbocycles. The SMILES string of the molecule is CC1(C(=O)NCc2ccccc2O)CCCO1. The van der Waals surface area contributed by atoms with Gasteiger partial charge in [-0.25, -0.2) is 0 Å². The molecule has 2 rings (SSSR count). The number of hydrogen-bond acceptors (Lipinski definition) is 3. The summed E-state index contributed by atoms with van der Waals surface area (Å²) in [5.41, 5.74) is 0.00663. The fourth-order valence-electron chi connectivity index (χ4n) is 1.98. The van der Waals surface area contributed by atoms with Crippen molar-refractivity contribution in [1.29, 1.82) is 0 Å². The Hall–Kier alpha value is -1.55. The second kappa shape index (κ2) is 4.75. The lowest BCUT2D eigenvalue weighted by molar-refractivity contribution is -0.139. The molecule has 0 bridgehead atoms. The van der Waals surface area contributed by atoms with E-state index in [2.05, 4.69) is 5.32 Å². The highest BCUT2D eigenvalue weighted by atomic mass is 16.5. The summed E-state index contributed by atoms with van der Waals surface area (Å²) in [7, 11) is 0. The van der Waals surface area contributed by atoms with Crippen molar-refractivity contribution < 1.29 is 14.6 Å². The number of benzene rings is 1. The van der Waals surface area contributed by atoms with Gasteiger partial charge in [-0.1, -0.05) is 18.2 Å². The van der Waals surface area contributed by atoms with E-state index < -0.39 is 5.60 Å². The molecule has 4 nitrogen and oxygen atoms in total. The fourth-order valence-corrected chi connectivity index (χ4v) is 1.98. The van der Waals surface area contributed by atoms with Crippen LogP contribution in [0, 0.1) is 0 Å². The molecule has 0 spiro atoms. The van der Waals surface area contributed by atoms with E-state index in [1.165, 1.54) is 0 Å². The maximum atomic E-state index is 11.9. The first-order valence-corrected chi connectivity index (χ1v) is 5.81. The molecule has 0 aromatic heterocycles. The van der Waals surface area contributed by atoms with Gasteiger partial charge in [0.05, 0.1) is 0 Å². The number of para-hydroxylation sites is 1. The lowest BCUT2D eigenvalue weighted by Gasteiger charge is -2.22. The minimum atomic E-state index is -0.704. The number of phenolic OH excluding ortho intramolecular Hbond substituents is 1. The van der Waals surface area contributed by atoms with E-state index in [9.17, 15) is 9.90 Å². The van der Waals surface area contributed by atoms with Crippen LogP contribution in [0.25, 0.3) is 0 Å². The highest BCUT2D eigenvalue weighted by Gasteiger charge is 2.37. The fraction of sp³-hybridized carbons (Fsp3) is 0.462. The average molecular weight is 235 g/mol. The molecule has 17 heavy (non-hydrogen) atoms. The summed E-state index contributed by atoms with van der Waals surface area (Å²) in [6.07, 6.45) is 1.67. The molecule has 1 fully saturated rings. The van der Waals surface area contributed by atoms with Gasteiger partial charge in [-0.05, 0) is 25.8 Å². The van der Waals surface area contributed by atoms with Crippen molar-refractivity contribution in [3.05, 3.63) is 29.8 Å². The maximum absolute atomic E-state index is 11.9. The second-order valence-electron chi connectivity index (χ2n) is 4.49. The Morgan fingerprint density at radius 1 is 1.53 bits per heavy atom. The molecule has 1 amide bonds. The van der Waals surface area contributed by atoms with E-state index in [0.717, 1.165) is 12.8 Å². The van der Waals surface area contributed by atoms with Crippen molar-refractivity contribution in [2.24, 2.45) is 0 Å². The van der Waals surface area contributed by atoms with Gasteiger partial charge < -0.3 is 15.2 Å². The van der Waals surface area contributed by atoms with E-state index in [4.69, 9.17) is 4.74 Å². The Balaban J connectivity index is 1.94. The number of nitrogens with one attached hydrogen (secondary N) is 1. The van der Waals surface area contributed by atoms with E-state index in [-0.39, 0.29) is 11.7 Å². The molecule has 1 aliphatic heterocycles. The number of aromatic hydroxyl groups is 1. The van der Waals surface area contributed by atoms with Gasteiger partial charge in [0.25, 0.3) is 5.91 Å². The number of carbonyl (C=O) groups excluding carboxylic acids is 1. The van der Waals surface area contributed by atoms with Gasteiger partial charge in [0.2, 0.25) is 0 Å². The van der Waals surface area contributed by atoms with Crippen molar-refractivity contribution >= 4 is 5.91 Å². The number of rotatable bonds is 3. The Bertz CT molecular complexity index is 411. The molecule has 4 heteroatoms. The van der Waals surface area contributed by atoms with Crippen LogP contribution in [0.3, 0.4) is 0 Å². The van der Waals surface area contributed by atoms with Crippen LogP contribution in [0.15, 0.2) is 24.3 Å². The normalized spacial score (nSPS) is 23.6. The molecule has 1 saturated heterocycles. The number of carbonyl (C=O) groups is 1. The van der Waals surface area contributed by atoms with Crippen LogP contribution in [-0.4, -0.2) is 23.2 Å². The second-order valence-corrected chi connectivity index (χ2v) is 4.49. The van der Waals surface area contributed by atoms with Crippen LogP contribution in [0.1, 0.15) is 25.3 Å². The molecular weight excluding hydrogens is 218 g/mol. The first kappa shape index (κ1) is 11.9. The largest absolute Gasteiger partial charge is 0.508 e. The Labute approximate surface area is 101 Å². The standard InChI is InChI=1S/C13H17NO3/c1-13(7-4-8-17-13)12(16)14-9-10-5-2-3-6-11(10)15/h2-3,5-6,15H,4,7-9H2,1H3,(H,14,16). The van der Waals surface area contributed by atoms with Crippen molar-refractivity contribution in [2.75, 3.05) is 6.61 Å². The maximum Gasteiger partial charge on any atom is 0.252 e. The molecule has 1 aliphatic rings. The summed E-state index contributed by atoms with van der Waals surface area (Å²) in [6, 6.07) is 6.97. The predicted octanol–water partition coefficient (Wildman–Crippen LogP) is 1.58. The molecule has 0 aliphatic carbocycles. The zero-order valence-electron chi connectivity index (χ0n) is 9.90. The number of amides is 1. The Morgan fingerprint density at radius 2 is 2.29 bits per heavy atom. The van der Waals surface area contributed by atoms with Crippen molar-refractivity contribution in [3.63, 3.8) is 0 Å². The van der Waals surface area contributed by atoms with Crippen LogP contribution < -0.4 is 5.32 Å². The molecule has 1 aromatic carbocycles. The van der Waals surface area contributed by atoms with E-state index in [1.807, 2.05) is 6.07 Å². The highest BCUT2D eigenvalue weighted by molar-refractivity contribution is 5.85. The Morgan fingerprint density at radius 3 is 2.94 bits per heavy atom. The Kier molecular flexibility index (Phi) is 3.33. The molecular formula is C13H17NO3. The summed E-state index contributed by atoms with van der Waals surface area (Å²) in [5.74, 6) is 0.0866. The third-order valence-electron chi connectivity index (χ3n) is 3.13. The van der Waals surface area contributed by atoms with Crippen LogP contribution in [0.2, 0.25) is 0 Å². The lowest BCUT2D eigenvalue weighted by atomic mass is 10.0. The van der Waals surface area contributed by atoms with Gasteiger partial charge in [-0.2, -0.15) is 0 Å². The molecule has 2 N–H and O–H groups in total. The summed E-state index contributed by atoms with van der Waals surface area (Å²) in [5, 5.41) is 12.4. The van der Waals surface area contributed by atoms with Gasteiger partial charge in [0.1, 0.15) is 11.4 Å². The third-order valence-corrected chi connectivity index (χ3v) is 3.13. The summed E-state index contributed by atoms with van der Waals surface area (Å²) >= 11 is 0. The summed E-state index contributed by atoms with van der Waals surface area (Å²) in [6.45, 7) is 2.77. The highest BCUT2D eigenvalue weighted by Crippen LogP contribution is 2.25.